The summed E-state index contributed by atoms with van der Waals surface area (Å²) in [5, 5.41) is 5.65. The van der Waals surface area contributed by atoms with Crippen LogP contribution in [0.4, 0.5) is 0 Å². The molecule has 0 aliphatic carbocycles. The topological polar surface area (TPSA) is 76.7 Å². The first kappa shape index (κ1) is 20.2. The van der Waals surface area contributed by atoms with E-state index in [1.54, 1.807) is 18.2 Å². The van der Waals surface area contributed by atoms with Gasteiger partial charge in [-0.15, -0.1) is 0 Å². The highest BCUT2D eigenvalue weighted by molar-refractivity contribution is 6.21. The van der Waals surface area contributed by atoms with E-state index in [0.29, 0.717) is 30.2 Å². The van der Waals surface area contributed by atoms with E-state index in [2.05, 4.69) is 10.6 Å². The van der Waals surface area contributed by atoms with Crippen molar-refractivity contribution < 1.29 is 19.1 Å². The standard InChI is InChI=1S/C25H22N2O4/c28-24(26-15-18-8-3-1-4-9-18)21(25(29)27-16-19-10-5-2-6-11-19)14-20-12-7-13-22-23(20)31-17-30-22/h1-14H,15-17H2,(H,26,28)(H,27,29). The second kappa shape index (κ2) is 9.63. The highest BCUT2D eigenvalue weighted by Gasteiger charge is 2.22. The molecule has 1 aliphatic heterocycles. The first-order valence-corrected chi connectivity index (χ1v) is 9.95. The molecule has 0 saturated heterocycles. The van der Waals surface area contributed by atoms with Crippen molar-refractivity contribution in [1.82, 2.24) is 10.6 Å². The molecule has 1 aliphatic rings. The van der Waals surface area contributed by atoms with Crippen LogP contribution in [-0.4, -0.2) is 18.6 Å². The summed E-state index contributed by atoms with van der Waals surface area (Å²) in [6.07, 6.45) is 1.54. The molecule has 3 aromatic carbocycles. The fraction of sp³-hybridized carbons (Fsp3) is 0.120. The van der Waals surface area contributed by atoms with Gasteiger partial charge in [-0.2, -0.15) is 0 Å². The molecule has 2 amide bonds. The van der Waals surface area contributed by atoms with E-state index in [9.17, 15) is 9.59 Å². The predicted octanol–water partition coefficient (Wildman–Crippen LogP) is 3.43. The molecule has 31 heavy (non-hydrogen) atoms. The molecule has 0 spiro atoms. The lowest BCUT2D eigenvalue weighted by atomic mass is 10.1. The summed E-state index contributed by atoms with van der Waals surface area (Å²) in [5.41, 5.74) is 2.49. The molecule has 0 radical (unpaired) electrons. The average molecular weight is 414 g/mol. The molecule has 2 N–H and O–H groups in total. The summed E-state index contributed by atoms with van der Waals surface area (Å²) in [6.45, 7) is 0.737. The Hall–Kier alpha value is -4.06. The fourth-order valence-corrected chi connectivity index (χ4v) is 3.20. The van der Waals surface area contributed by atoms with E-state index in [0.717, 1.165) is 11.1 Å². The summed E-state index contributed by atoms with van der Waals surface area (Å²) >= 11 is 0. The molecule has 0 aromatic heterocycles. The van der Waals surface area contributed by atoms with Crippen LogP contribution in [0.3, 0.4) is 0 Å². The Morgan fingerprint density at radius 3 is 1.90 bits per heavy atom. The number of carbonyl (C=O) groups excluding carboxylic acids is 2. The molecule has 6 heteroatoms. The van der Waals surface area contributed by atoms with Crippen molar-refractivity contribution in [2.45, 2.75) is 13.1 Å². The molecular formula is C25H22N2O4. The second-order valence-electron chi connectivity index (χ2n) is 6.98. The molecule has 0 atom stereocenters. The number of rotatable bonds is 7. The van der Waals surface area contributed by atoms with Crippen LogP contribution in [0.2, 0.25) is 0 Å². The normalized spacial score (nSPS) is 11.5. The average Bonchev–Trinajstić information content (AvgIpc) is 3.30. The minimum atomic E-state index is -0.467. The van der Waals surface area contributed by atoms with Crippen molar-refractivity contribution in [3.05, 3.63) is 101 Å². The lowest BCUT2D eigenvalue weighted by Crippen LogP contribution is -2.34. The zero-order valence-corrected chi connectivity index (χ0v) is 16.8. The number of hydrogen-bond donors (Lipinski definition) is 2. The maximum absolute atomic E-state index is 13.0. The van der Waals surface area contributed by atoms with Crippen LogP contribution in [0, 0.1) is 0 Å². The van der Waals surface area contributed by atoms with Gasteiger partial charge in [-0.1, -0.05) is 72.8 Å². The fourth-order valence-electron chi connectivity index (χ4n) is 3.20. The van der Waals surface area contributed by atoms with Gasteiger partial charge in [-0.05, 0) is 23.3 Å². The van der Waals surface area contributed by atoms with Crippen LogP contribution >= 0.6 is 0 Å². The maximum atomic E-state index is 13.0. The Bertz CT molecular complexity index is 1040. The number of hydrogen-bond acceptors (Lipinski definition) is 4. The number of nitrogens with one attached hydrogen (secondary N) is 2. The third-order valence-corrected chi connectivity index (χ3v) is 4.81. The first-order chi connectivity index (χ1) is 15.2. The minimum absolute atomic E-state index is 0.00392. The Morgan fingerprint density at radius 1 is 0.742 bits per heavy atom. The van der Waals surface area contributed by atoms with E-state index in [1.165, 1.54) is 6.08 Å². The predicted molar refractivity (Wildman–Crippen MR) is 117 cm³/mol. The smallest absolute Gasteiger partial charge is 0.257 e. The summed E-state index contributed by atoms with van der Waals surface area (Å²) in [5.74, 6) is 0.172. The summed E-state index contributed by atoms with van der Waals surface area (Å²) < 4.78 is 10.9. The summed E-state index contributed by atoms with van der Waals surface area (Å²) in [7, 11) is 0. The van der Waals surface area contributed by atoms with E-state index < -0.39 is 11.8 Å². The van der Waals surface area contributed by atoms with Crippen LogP contribution in [-0.2, 0) is 22.7 Å². The number of para-hydroxylation sites is 1. The number of ether oxygens (including phenoxy) is 2. The second-order valence-corrected chi connectivity index (χ2v) is 6.98. The Balaban J connectivity index is 1.56. The van der Waals surface area contributed by atoms with Crippen molar-refractivity contribution in [2.24, 2.45) is 0 Å². The number of benzene rings is 3. The van der Waals surface area contributed by atoms with Crippen LogP contribution in [0.1, 0.15) is 16.7 Å². The van der Waals surface area contributed by atoms with Crippen LogP contribution in [0.25, 0.3) is 6.08 Å². The number of amides is 2. The van der Waals surface area contributed by atoms with E-state index in [1.807, 2.05) is 60.7 Å². The molecule has 0 fully saturated rings. The van der Waals surface area contributed by atoms with Gasteiger partial charge >= 0.3 is 0 Å². The molecule has 4 rings (SSSR count). The molecule has 0 saturated carbocycles. The molecule has 0 bridgehead atoms. The third-order valence-electron chi connectivity index (χ3n) is 4.81. The van der Waals surface area contributed by atoms with E-state index in [-0.39, 0.29) is 12.4 Å². The van der Waals surface area contributed by atoms with Gasteiger partial charge in [0.15, 0.2) is 11.5 Å². The Morgan fingerprint density at radius 2 is 1.32 bits per heavy atom. The third kappa shape index (κ3) is 5.11. The lowest BCUT2D eigenvalue weighted by Gasteiger charge is -2.11. The highest BCUT2D eigenvalue weighted by Crippen LogP contribution is 2.36. The van der Waals surface area contributed by atoms with E-state index in [4.69, 9.17) is 9.47 Å². The van der Waals surface area contributed by atoms with Gasteiger partial charge in [0.25, 0.3) is 11.8 Å². The number of carbonyl (C=O) groups is 2. The van der Waals surface area contributed by atoms with Gasteiger partial charge in [-0.3, -0.25) is 9.59 Å². The molecule has 156 valence electrons. The quantitative estimate of drug-likeness (QED) is 0.353. The zero-order valence-electron chi connectivity index (χ0n) is 16.8. The Kier molecular flexibility index (Phi) is 6.28. The molecule has 1 heterocycles. The van der Waals surface area contributed by atoms with Crippen LogP contribution in [0.5, 0.6) is 11.5 Å². The SMILES string of the molecule is O=C(NCc1ccccc1)C(=Cc1cccc2c1OCO2)C(=O)NCc1ccccc1. The van der Waals surface area contributed by atoms with Crippen molar-refractivity contribution in [1.29, 1.82) is 0 Å². The van der Waals surface area contributed by atoms with Crippen molar-refractivity contribution in [3.63, 3.8) is 0 Å². The molecular weight excluding hydrogens is 392 g/mol. The Labute approximate surface area is 180 Å². The number of fused-ring (bicyclic) bond motifs is 1. The lowest BCUT2D eigenvalue weighted by molar-refractivity contribution is -0.123. The van der Waals surface area contributed by atoms with Crippen molar-refractivity contribution in [3.8, 4) is 11.5 Å². The van der Waals surface area contributed by atoms with Crippen LogP contribution < -0.4 is 20.1 Å². The largest absolute Gasteiger partial charge is 0.454 e. The molecule has 3 aromatic rings. The maximum Gasteiger partial charge on any atom is 0.257 e. The summed E-state index contributed by atoms with van der Waals surface area (Å²) in [6, 6.07) is 24.4. The van der Waals surface area contributed by atoms with Gasteiger partial charge in [0, 0.05) is 18.7 Å². The van der Waals surface area contributed by atoms with Crippen LogP contribution in [0.15, 0.2) is 84.4 Å². The first-order valence-electron chi connectivity index (χ1n) is 9.95. The molecule has 6 nitrogen and oxygen atoms in total. The van der Waals surface area contributed by atoms with Gasteiger partial charge in [0.1, 0.15) is 5.57 Å². The molecule has 0 unspecified atom stereocenters. The zero-order chi connectivity index (χ0) is 21.5. The van der Waals surface area contributed by atoms with Crippen molar-refractivity contribution >= 4 is 17.9 Å². The highest BCUT2D eigenvalue weighted by atomic mass is 16.7. The van der Waals surface area contributed by atoms with Gasteiger partial charge in [-0.25, -0.2) is 0 Å². The van der Waals surface area contributed by atoms with Crippen molar-refractivity contribution in [2.75, 3.05) is 6.79 Å². The monoisotopic (exact) mass is 414 g/mol. The summed E-state index contributed by atoms with van der Waals surface area (Å²) in [4.78, 5) is 25.9. The van der Waals surface area contributed by atoms with Gasteiger partial charge in [0.2, 0.25) is 6.79 Å². The minimum Gasteiger partial charge on any atom is -0.454 e. The van der Waals surface area contributed by atoms with Gasteiger partial charge in [0.05, 0.1) is 0 Å². The van der Waals surface area contributed by atoms with Gasteiger partial charge < -0.3 is 20.1 Å². The van der Waals surface area contributed by atoms with E-state index >= 15 is 0 Å².